The standard InChI is InChI=1S/C18H29BrO3.C18H29ClO3.C18H29FO3.C18H29IO3.C18H30O4.C18H30O3S/c5*1-7-16(4,20)12-10-13(17(5,21)8-2)15(19)14(11-12)18(6,22)9-3;1-7-16(4,19)12-10-13(17(5,20)8-2)15(22)14(11-12)18(6,21)9-3/h4*10-11,20-22H,7-9H2,1-6H3;2*10-11,19-22H,7-9H2,1-6H3. The van der Waals surface area contributed by atoms with Gasteiger partial charge in [0.2, 0.25) is 0 Å². The van der Waals surface area contributed by atoms with E-state index in [0.717, 1.165) is 20.3 Å². The first-order valence-corrected chi connectivity index (χ1v) is 50.4. The molecule has 0 aliphatic carbocycles. The first-order valence-electron chi connectivity index (χ1n) is 47.7. The lowest BCUT2D eigenvalue weighted by molar-refractivity contribution is 0.0329. The van der Waals surface area contributed by atoms with E-state index in [1.54, 1.807) is 163 Å². The van der Waals surface area contributed by atoms with E-state index in [0.29, 0.717) is 202 Å². The Morgan fingerprint density at radius 1 is 0.235 bits per heavy atom. The van der Waals surface area contributed by atoms with Crippen molar-refractivity contribution in [1.29, 1.82) is 0 Å². The molecule has 6 aromatic carbocycles. The van der Waals surface area contributed by atoms with Crippen LogP contribution in [0.5, 0.6) is 5.75 Å². The van der Waals surface area contributed by atoms with Gasteiger partial charge in [-0.2, -0.15) is 0 Å². The van der Waals surface area contributed by atoms with Crippen LogP contribution in [0.1, 0.15) is 465 Å². The van der Waals surface area contributed by atoms with Gasteiger partial charge in [-0.25, -0.2) is 4.39 Å². The number of hydrogen-bond acceptors (Lipinski definition) is 20. The van der Waals surface area contributed by atoms with E-state index >= 15 is 0 Å². The molecule has 18 unspecified atom stereocenters. The lowest BCUT2D eigenvalue weighted by Crippen LogP contribution is -2.30. The minimum atomic E-state index is -1.36. The molecule has 756 valence electrons. The second-order valence-corrected chi connectivity index (χ2v) is 43.4. The van der Waals surface area contributed by atoms with Crippen LogP contribution in [-0.4, -0.2) is 97.0 Å². The molecule has 0 fully saturated rings. The van der Waals surface area contributed by atoms with Crippen molar-refractivity contribution in [1.82, 2.24) is 0 Å². The van der Waals surface area contributed by atoms with Gasteiger partial charge in [0.15, 0.2) is 0 Å². The molecule has 132 heavy (non-hydrogen) atoms. The van der Waals surface area contributed by atoms with Crippen molar-refractivity contribution < 1.29 is 101 Å². The maximum absolute atomic E-state index is 14.9. The Morgan fingerprint density at radius 2 is 0.364 bits per heavy atom. The molecule has 0 spiro atoms. The quantitative estimate of drug-likeness (QED) is 0.0128. The second kappa shape index (κ2) is 47.6. The molecular formula is C108H176BrClFIO19S. The van der Waals surface area contributed by atoms with E-state index in [2.05, 4.69) is 51.1 Å². The zero-order valence-corrected chi connectivity index (χ0v) is 92.5. The van der Waals surface area contributed by atoms with Gasteiger partial charge in [0.05, 0.1) is 106 Å². The van der Waals surface area contributed by atoms with Crippen LogP contribution in [0.25, 0.3) is 0 Å². The summed E-state index contributed by atoms with van der Waals surface area (Å²) in [6.45, 7) is 64.3. The van der Waals surface area contributed by atoms with Crippen molar-refractivity contribution in [2.24, 2.45) is 0 Å². The molecule has 6 aromatic rings. The van der Waals surface area contributed by atoms with E-state index in [1.165, 1.54) is 12.1 Å². The SMILES string of the molecule is CCC(C)(O)c1cc(C(C)(O)CC)c(Br)c(C(C)(O)CC)c1.CCC(C)(O)c1cc(C(C)(O)CC)c(Cl)c(C(C)(O)CC)c1.CCC(C)(O)c1cc(C(C)(O)CC)c(F)c(C(C)(O)CC)c1.CCC(C)(O)c1cc(C(C)(O)CC)c(I)c(C(C)(O)CC)c1.CCC(C)(O)c1cc(C(C)(O)CC)c(O)c(C(C)(O)CC)c1.CCC(C)(O)c1cc(C(C)(O)CC)c(S)c(C(C)(O)CC)c1. The zero-order chi connectivity index (χ0) is 104. The Bertz CT molecular complexity index is 3740. The molecular weight excluding hydrogens is 1890 g/mol. The number of rotatable bonds is 36. The lowest BCUT2D eigenvalue weighted by Gasteiger charge is -2.33. The summed E-state index contributed by atoms with van der Waals surface area (Å²) in [5, 5.41) is 202. The van der Waals surface area contributed by atoms with Crippen LogP contribution in [0.3, 0.4) is 0 Å². The molecule has 0 aliphatic rings. The number of phenols is 1. The summed E-state index contributed by atoms with van der Waals surface area (Å²) in [6, 6.07) is 20.9. The molecule has 0 saturated carbocycles. The van der Waals surface area contributed by atoms with Crippen LogP contribution in [0.15, 0.2) is 82.2 Å². The average Bonchev–Trinajstić information content (AvgIpc) is 0.789. The molecule has 0 saturated heterocycles. The van der Waals surface area contributed by atoms with Crippen molar-refractivity contribution >= 4 is 62.8 Å². The summed E-state index contributed by atoms with van der Waals surface area (Å²) in [4.78, 5) is 0.592. The molecule has 6 rings (SSSR count). The van der Waals surface area contributed by atoms with Gasteiger partial charge in [-0.1, -0.05) is 152 Å². The Kier molecular flexibility index (Phi) is 45.5. The van der Waals surface area contributed by atoms with Crippen LogP contribution in [-0.2, 0) is 101 Å². The lowest BCUT2D eigenvalue weighted by atomic mass is 9.80. The highest BCUT2D eigenvalue weighted by Crippen LogP contribution is 2.50. The van der Waals surface area contributed by atoms with Crippen molar-refractivity contribution in [3.63, 3.8) is 0 Å². The summed E-state index contributed by atoms with van der Waals surface area (Å²) in [7, 11) is 0. The molecule has 0 aromatic heterocycles. The minimum absolute atomic E-state index is 0.102. The predicted molar refractivity (Wildman–Crippen MR) is 550 cm³/mol. The van der Waals surface area contributed by atoms with Gasteiger partial charge < -0.3 is 97.0 Å². The van der Waals surface area contributed by atoms with E-state index in [4.69, 9.17) is 11.6 Å². The highest BCUT2D eigenvalue weighted by atomic mass is 127. The van der Waals surface area contributed by atoms with Gasteiger partial charge in [0, 0.05) is 46.3 Å². The van der Waals surface area contributed by atoms with Crippen LogP contribution in [0.2, 0.25) is 5.02 Å². The van der Waals surface area contributed by atoms with E-state index < -0.39 is 107 Å². The minimum Gasteiger partial charge on any atom is -0.507 e. The average molecular weight is 2070 g/mol. The number of benzene rings is 6. The van der Waals surface area contributed by atoms with Gasteiger partial charge in [0.1, 0.15) is 11.6 Å². The smallest absolute Gasteiger partial charge is 0.135 e. The maximum atomic E-state index is 14.9. The van der Waals surface area contributed by atoms with Crippen LogP contribution in [0, 0.1) is 9.39 Å². The van der Waals surface area contributed by atoms with Gasteiger partial charge in [-0.3, -0.25) is 0 Å². The third kappa shape index (κ3) is 30.6. The molecule has 19 nitrogen and oxygen atoms in total. The van der Waals surface area contributed by atoms with Crippen molar-refractivity contribution in [2.45, 2.75) is 471 Å². The Hall–Kier alpha value is -3.82. The Morgan fingerprint density at radius 3 is 0.561 bits per heavy atom. The van der Waals surface area contributed by atoms with Crippen LogP contribution < -0.4 is 0 Å². The van der Waals surface area contributed by atoms with Crippen molar-refractivity contribution in [3.05, 3.63) is 192 Å². The molecule has 24 heteroatoms. The maximum Gasteiger partial charge on any atom is 0.135 e. The first kappa shape index (κ1) is 126. The number of aromatic hydroxyl groups is 1. The van der Waals surface area contributed by atoms with Gasteiger partial charge in [0.25, 0.3) is 0 Å². The fourth-order valence-corrected chi connectivity index (χ4v) is 17.6. The summed E-state index contributed by atoms with van der Waals surface area (Å²) >= 11 is 16.8. The summed E-state index contributed by atoms with van der Waals surface area (Å²) in [5.74, 6) is -0.705. The summed E-state index contributed by atoms with van der Waals surface area (Å²) in [5.41, 5.74) is -9.74. The normalized spacial score (nSPS) is 20.1. The Balaban J connectivity index is 0.000000792. The van der Waals surface area contributed by atoms with Gasteiger partial charge in [-0.05, 0) is 402 Å². The first-order chi connectivity index (χ1) is 59.6. The molecule has 0 radical (unpaired) electrons. The molecule has 18 atom stereocenters. The molecule has 0 bridgehead atoms. The van der Waals surface area contributed by atoms with Gasteiger partial charge in [-0.15, -0.1) is 12.6 Å². The van der Waals surface area contributed by atoms with Crippen LogP contribution >= 0.6 is 62.8 Å². The number of halogens is 4. The Labute approximate surface area is 826 Å². The highest BCUT2D eigenvalue weighted by Gasteiger charge is 2.43. The largest absolute Gasteiger partial charge is 0.507 e. The van der Waals surface area contributed by atoms with E-state index in [-0.39, 0.29) is 16.9 Å². The zero-order valence-electron chi connectivity index (χ0n) is 87.1. The highest BCUT2D eigenvalue weighted by molar-refractivity contribution is 14.1. The monoisotopic (exact) mass is 2070 g/mol. The fourth-order valence-electron chi connectivity index (χ4n) is 13.9. The fraction of sp³-hybridized carbons (Fsp3) is 0.667. The summed E-state index contributed by atoms with van der Waals surface area (Å²) in [6.07, 6.45) is 8.80. The number of phenolic OH excluding ortho intramolecular Hbond substituents is 1. The predicted octanol–water partition coefficient (Wildman–Crippen LogP) is 23.4. The molecule has 0 aliphatic heterocycles. The second-order valence-electron chi connectivity index (χ2n) is 40.7. The van der Waals surface area contributed by atoms with Crippen LogP contribution in [0.4, 0.5) is 4.39 Å². The number of hydrogen-bond donors (Lipinski definition) is 20. The van der Waals surface area contributed by atoms with Crippen molar-refractivity contribution in [3.8, 4) is 5.75 Å². The third-order valence-corrected chi connectivity index (χ3v) is 32.5. The van der Waals surface area contributed by atoms with E-state index in [9.17, 15) is 101 Å². The van der Waals surface area contributed by atoms with Crippen molar-refractivity contribution in [2.75, 3.05) is 0 Å². The molecule has 0 heterocycles. The number of aliphatic hydroxyl groups is 18. The number of thiol groups is 1. The summed E-state index contributed by atoms with van der Waals surface area (Å²) < 4.78 is 16.5. The molecule has 0 amide bonds. The van der Waals surface area contributed by atoms with Gasteiger partial charge >= 0.3 is 0 Å². The van der Waals surface area contributed by atoms with E-state index in [1.807, 2.05) is 147 Å². The topological polar surface area (TPSA) is 384 Å². The molecule has 19 N–H and O–H groups in total. The third-order valence-electron chi connectivity index (χ3n) is 29.6.